The number of H-pyrrole nitrogens is 1. The van der Waals surface area contributed by atoms with Gasteiger partial charge < -0.3 is 5.73 Å². The minimum absolute atomic E-state index is 0.0146. The number of aryl methyl sites for hydroxylation is 1. The maximum Gasteiger partial charge on any atom is 0.408 e. The van der Waals surface area contributed by atoms with E-state index in [4.69, 9.17) is 5.73 Å². The number of tetrazole rings is 1. The largest absolute Gasteiger partial charge is 0.408 e. The zero-order valence-corrected chi connectivity index (χ0v) is 16.9. The first kappa shape index (κ1) is 21.2. The topological polar surface area (TPSA) is 115 Å². The lowest BCUT2D eigenvalue weighted by atomic mass is 9.97. The van der Waals surface area contributed by atoms with Gasteiger partial charge in [0.2, 0.25) is 5.82 Å². The summed E-state index contributed by atoms with van der Waals surface area (Å²) in [7, 11) is 0. The molecular formula is C21H18F3N7O. The molecule has 8 nitrogen and oxygen atoms in total. The number of nitrogens with one attached hydrogen (secondary N) is 1. The van der Waals surface area contributed by atoms with Crippen molar-refractivity contribution in [3.63, 3.8) is 0 Å². The van der Waals surface area contributed by atoms with E-state index < -0.39 is 18.6 Å². The third kappa shape index (κ3) is 4.36. The molecule has 0 fully saturated rings. The Morgan fingerprint density at radius 1 is 1.09 bits per heavy atom. The zero-order valence-electron chi connectivity index (χ0n) is 16.9. The van der Waals surface area contributed by atoms with Gasteiger partial charge in [-0.25, -0.2) is 0 Å². The normalized spacial score (nSPS) is 11.6. The molecule has 0 radical (unpaired) electrons. The van der Waals surface area contributed by atoms with Gasteiger partial charge in [0.1, 0.15) is 6.54 Å². The molecule has 4 aromatic rings. The lowest BCUT2D eigenvalue weighted by Crippen LogP contribution is -2.22. The predicted molar refractivity (Wildman–Crippen MR) is 109 cm³/mol. The molecular weight excluding hydrogens is 423 g/mol. The first-order chi connectivity index (χ1) is 15.2. The van der Waals surface area contributed by atoms with Gasteiger partial charge in [0.15, 0.2) is 0 Å². The van der Waals surface area contributed by atoms with Crippen LogP contribution in [0.4, 0.5) is 13.2 Å². The van der Waals surface area contributed by atoms with Crippen molar-refractivity contribution in [3.8, 4) is 22.5 Å². The molecule has 0 saturated heterocycles. The van der Waals surface area contributed by atoms with E-state index in [1.165, 1.54) is 6.92 Å². The number of carbonyl (C=O) groups is 1. The fourth-order valence-corrected chi connectivity index (χ4v) is 3.63. The van der Waals surface area contributed by atoms with Crippen molar-refractivity contribution in [3.05, 3.63) is 71.0 Å². The maximum atomic E-state index is 13.0. The first-order valence-electron chi connectivity index (χ1n) is 9.58. The van der Waals surface area contributed by atoms with Gasteiger partial charge >= 0.3 is 6.18 Å². The number of benzene rings is 2. The Hall–Kier alpha value is -4.02. The van der Waals surface area contributed by atoms with Crippen molar-refractivity contribution in [1.82, 2.24) is 30.4 Å². The second kappa shape index (κ2) is 8.25. The van der Waals surface area contributed by atoms with E-state index in [0.29, 0.717) is 11.4 Å². The highest BCUT2D eigenvalue weighted by Gasteiger charge is 2.31. The molecule has 3 N–H and O–H groups in total. The number of halogens is 3. The Kier molecular flexibility index (Phi) is 5.47. The van der Waals surface area contributed by atoms with Gasteiger partial charge in [-0.05, 0) is 28.8 Å². The second-order valence-electron chi connectivity index (χ2n) is 7.20. The van der Waals surface area contributed by atoms with Gasteiger partial charge in [-0.1, -0.05) is 48.5 Å². The van der Waals surface area contributed by atoms with E-state index in [0.717, 1.165) is 21.4 Å². The number of amides is 1. The Bertz CT molecular complexity index is 1250. The van der Waals surface area contributed by atoms with Crippen LogP contribution in [0.3, 0.4) is 0 Å². The molecule has 0 aliphatic carbocycles. The molecule has 0 saturated carbocycles. The number of carbonyl (C=O) groups excluding carboxylic acids is 1. The van der Waals surface area contributed by atoms with Crippen LogP contribution >= 0.6 is 0 Å². The Labute approximate surface area is 180 Å². The van der Waals surface area contributed by atoms with Crippen molar-refractivity contribution >= 4 is 5.91 Å². The van der Waals surface area contributed by atoms with E-state index in [-0.39, 0.29) is 23.4 Å². The van der Waals surface area contributed by atoms with E-state index in [1.54, 1.807) is 12.1 Å². The molecule has 0 aliphatic rings. The monoisotopic (exact) mass is 441 g/mol. The lowest BCUT2D eigenvalue weighted by Gasteiger charge is -2.12. The molecule has 0 atom stereocenters. The Balaban J connectivity index is 1.67. The SMILES string of the molecule is Cc1nn(CC(F)(F)F)c(Cc2ccc(-c3ccccc3-c3nn[nH]n3)cc2)c1C(N)=O. The van der Waals surface area contributed by atoms with Gasteiger partial charge in [-0.15, -0.1) is 10.2 Å². The number of rotatable bonds is 6. The van der Waals surface area contributed by atoms with Crippen LogP contribution in [0.25, 0.3) is 22.5 Å². The summed E-state index contributed by atoms with van der Waals surface area (Å²) >= 11 is 0. The fourth-order valence-electron chi connectivity index (χ4n) is 3.63. The molecule has 0 unspecified atom stereocenters. The summed E-state index contributed by atoms with van der Waals surface area (Å²) in [5, 5.41) is 17.9. The Morgan fingerprint density at radius 3 is 2.38 bits per heavy atom. The van der Waals surface area contributed by atoms with Crippen LogP contribution < -0.4 is 5.73 Å². The van der Waals surface area contributed by atoms with E-state index >= 15 is 0 Å². The maximum absolute atomic E-state index is 13.0. The third-order valence-corrected chi connectivity index (χ3v) is 4.96. The second-order valence-corrected chi connectivity index (χ2v) is 7.20. The highest BCUT2D eigenvalue weighted by Crippen LogP contribution is 2.30. The van der Waals surface area contributed by atoms with Crippen molar-refractivity contribution in [2.24, 2.45) is 5.73 Å². The molecule has 4 rings (SSSR count). The van der Waals surface area contributed by atoms with E-state index in [9.17, 15) is 18.0 Å². The number of alkyl halides is 3. The quantitative estimate of drug-likeness (QED) is 0.476. The average molecular weight is 441 g/mol. The van der Waals surface area contributed by atoms with Crippen LogP contribution in [0.2, 0.25) is 0 Å². The Morgan fingerprint density at radius 2 is 1.78 bits per heavy atom. The predicted octanol–water partition coefficient (Wildman–Crippen LogP) is 3.29. The number of hydrogen-bond donors (Lipinski definition) is 2. The van der Waals surface area contributed by atoms with Crippen LogP contribution in [-0.4, -0.2) is 42.5 Å². The minimum atomic E-state index is -4.48. The van der Waals surface area contributed by atoms with E-state index in [1.807, 2.05) is 36.4 Å². The van der Waals surface area contributed by atoms with Crippen LogP contribution in [0, 0.1) is 6.92 Å². The standard InChI is InChI=1S/C21H18F3N7O/c1-12-18(19(25)32)17(31(28-12)11-21(22,23)24)10-13-6-8-14(9-7-13)15-4-2-3-5-16(15)20-26-29-30-27-20/h2-9H,10-11H2,1H3,(H2,25,32)(H,26,27,29,30). The molecule has 2 heterocycles. The number of primary amides is 1. The summed E-state index contributed by atoms with van der Waals surface area (Å²) in [5.74, 6) is -0.362. The summed E-state index contributed by atoms with van der Waals surface area (Å²) in [4.78, 5) is 11.9. The smallest absolute Gasteiger partial charge is 0.365 e. The number of hydrogen-bond acceptors (Lipinski definition) is 5. The zero-order chi connectivity index (χ0) is 22.9. The lowest BCUT2D eigenvalue weighted by molar-refractivity contribution is -0.143. The third-order valence-electron chi connectivity index (χ3n) is 4.96. The van der Waals surface area contributed by atoms with Crippen molar-refractivity contribution in [2.75, 3.05) is 0 Å². The number of nitrogens with two attached hydrogens (primary N) is 1. The minimum Gasteiger partial charge on any atom is -0.365 e. The summed E-state index contributed by atoms with van der Waals surface area (Å²) in [6.45, 7) is 0.168. The fraction of sp³-hybridized carbons (Fsp3) is 0.190. The van der Waals surface area contributed by atoms with Crippen LogP contribution in [0.5, 0.6) is 0 Å². The van der Waals surface area contributed by atoms with Crippen molar-refractivity contribution in [2.45, 2.75) is 26.1 Å². The molecule has 0 aliphatic heterocycles. The molecule has 164 valence electrons. The summed E-state index contributed by atoms with van der Waals surface area (Å²) < 4.78 is 39.8. The molecule has 2 aromatic carbocycles. The molecule has 0 spiro atoms. The van der Waals surface area contributed by atoms with Gasteiger partial charge in [0.05, 0.1) is 17.0 Å². The summed E-state index contributed by atoms with van der Waals surface area (Å²) in [5.41, 5.74) is 8.95. The van der Waals surface area contributed by atoms with Gasteiger partial charge in [-0.2, -0.15) is 23.5 Å². The van der Waals surface area contributed by atoms with Gasteiger partial charge in [-0.3, -0.25) is 9.48 Å². The molecule has 32 heavy (non-hydrogen) atoms. The summed E-state index contributed by atoms with van der Waals surface area (Å²) in [6, 6.07) is 14.8. The van der Waals surface area contributed by atoms with Gasteiger partial charge in [0, 0.05) is 12.0 Å². The number of aromatic nitrogens is 6. The first-order valence-corrected chi connectivity index (χ1v) is 9.58. The van der Waals surface area contributed by atoms with E-state index in [2.05, 4.69) is 25.7 Å². The molecule has 1 amide bonds. The van der Waals surface area contributed by atoms with Crippen LogP contribution in [0.15, 0.2) is 48.5 Å². The number of aromatic amines is 1. The highest BCUT2D eigenvalue weighted by atomic mass is 19.4. The van der Waals surface area contributed by atoms with Crippen molar-refractivity contribution < 1.29 is 18.0 Å². The molecule has 0 bridgehead atoms. The van der Waals surface area contributed by atoms with Crippen molar-refractivity contribution in [1.29, 1.82) is 0 Å². The number of nitrogens with zero attached hydrogens (tertiary/aromatic N) is 5. The molecule has 2 aromatic heterocycles. The van der Waals surface area contributed by atoms with Gasteiger partial charge in [0.25, 0.3) is 5.91 Å². The highest BCUT2D eigenvalue weighted by molar-refractivity contribution is 5.95. The average Bonchev–Trinajstić information content (AvgIpc) is 3.36. The summed E-state index contributed by atoms with van der Waals surface area (Å²) in [6.07, 6.45) is -4.41. The molecule has 11 heteroatoms. The van der Waals surface area contributed by atoms with Crippen LogP contribution in [-0.2, 0) is 13.0 Å². The van der Waals surface area contributed by atoms with Crippen LogP contribution in [0.1, 0.15) is 27.3 Å².